The van der Waals surface area contributed by atoms with Crippen LogP contribution in [0.5, 0.6) is 5.88 Å². The zero-order chi connectivity index (χ0) is 28.4. The van der Waals surface area contributed by atoms with E-state index in [1.165, 1.54) is 11.1 Å². The van der Waals surface area contributed by atoms with Crippen LogP contribution in [0.4, 0.5) is 18.9 Å². The molecule has 2 amide bonds. The molecule has 216 valence electrons. The number of rotatable bonds is 5. The molecule has 2 saturated heterocycles. The van der Waals surface area contributed by atoms with E-state index >= 15 is 0 Å². The van der Waals surface area contributed by atoms with Gasteiger partial charge < -0.3 is 19.3 Å². The van der Waals surface area contributed by atoms with Crippen LogP contribution in [0.1, 0.15) is 56.7 Å². The summed E-state index contributed by atoms with van der Waals surface area (Å²) in [6.45, 7) is 0.278. The van der Waals surface area contributed by atoms with Gasteiger partial charge >= 0.3 is 6.18 Å². The van der Waals surface area contributed by atoms with Gasteiger partial charge in [0.05, 0.1) is 29.0 Å². The van der Waals surface area contributed by atoms with Crippen LogP contribution < -0.4 is 9.64 Å². The number of ether oxygens (including phenoxy) is 2. The number of fused-ring (bicyclic) bond motifs is 3. The largest absolute Gasteiger partial charge is 0.474 e. The minimum absolute atomic E-state index is 0.0237. The van der Waals surface area contributed by atoms with Crippen molar-refractivity contribution in [1.82, 2.24) is 24.6 Å². The van der Waals surface area contributed by atoms with Gasteiger partial charge in [0.25, 0.3) is 0 Å². The molecule has 0 aromatic carbocycles. The molecule has 0 bridgehead atoms. The van der Waals surface area contributed by atoms with Gasteiger partial charge in [-0.1, -0.05) is 0 Å². The average Bonchev–Trinajstić information content (AvgIpc) is 3.66. The summed E-state index contributed by atoms with van der Waals surface area (Å²) in [6, 6.07) is 3.61. The van der Waals surface area contributed by atoms with E-state index in [9.17, 15) is 22.8 Å². The van der Waals surface area contributed by atoms with Gasteiger partial charge in [-0.05, 0) is 49.8 Å². The molecule has 41 heavy (non-hydrogen) atoms. The zero-order valence-corrected chi connectivity index (χ0v) is 22.2. The number of nitrogens with zero attached hydrogens (tertiary/aromatic N) is 6. The number of alkyl halides is 3. The van der Waals surface area contributed by atoms with Crippen molar-refractivity contribution >= 4 is 28.5 Å². The monoisotopic (exact) mass is 570 g/mol. The second-order valence-electron chi connectivity index (χ2n) is 11.3. The van der Waals surface area contributed by atoms with Crippen LogP contribution in [0.15, 0.2) is 36.8 Å². The number of hydrogen-bond acceptors (Lipinski definition) is 7. The molecular formula is C28H29F3N6O4. The SMILES string of the molecule is O=C(CN1C(=O)C2(CC(Oc3ccc4c(cnn4C4CCCCO4)n3)C2)c2ccncc21)N1CCC[C@H]1C(F)(F)F. The maximum absolute atomic E-state index is 13.7. The first kappa shape index (κ1) is 26.2. The summed E-state index contributed by atoms with van der Waals surface area (Å²) >= 11 is 0. The van der Waals surface area contributed by atoms with E-state index in [2.05, 4.69) is 15.1 Å². The van der Waals surface area contributed by atoms with Crippen molar-refractivity contribution < 1.29 is 32.2 Å². The van der Waals surface area contributed by atoms with Crippen LogP contribution in [-0.2, 0) is 19.7 Å². The van der Waals surface area contributed by atoms with Crippen molar-refractivity contribution in [2.75, 3.05) is 24.6 Å². The third-order valence-electron chi connectivity index (χ3n) is 8.80. The highest BCUT2D eigenvalue weighted by Crippen LogP contribution is 2.54. The Morgan fingerprint density at radius 2 is 1.98 bits per heavy atom. The Morgan fingerprint density at radius 3 is 2.76 bits per heavy atom. The summed E-state index contributed by atoms with van der Waals surface area (Å²) in [4.78, 5) is 37.6. The first-order chi connectivity index (χ1) is 19.7. The van der Waals surface area contributed by atoms with Crippen LogP contribution in [0.25, 0.3) is 11.0 Å². The fourth-order valence-corrected chi connectivity index (χ4v) is 6.77. The van der Waals surface area contributed by atoms with Crippen molar-refractivity contribution in [2.45, 2.75) is 74.9 Å². The topological polar surface area (TPSA) is 103 Å². The lowest BCUT2D eigenvalue weighted by atomic mass is 9.63. The third kappa shape index (κ3) is 4.32. The molecule has 4 aliphatic rings. The lowest BCUT2D eigenvalue weighted by molar-refractivity contribution is -0.182. The molecule has 1 spiro atoms. The Labute approximate surface area is 233 Å². The number of carbonyl (C=O) groups is 2. The van der Waals surface area contributed by atoms with Gasteiger partial charge in [0.1, 0.15) is 24.2 Å². The number of halogens is 3. The predicted octanol–water partition coefficient (Wildman–Crippen LogP) is 3.90. The van der Waals surface area contributed by atoms with E-state index in [4.69, 9.17) is 9.47 Å². The Kier molecular flexibility index (Phi) is 6.18. The molecule has 2 atom stereocenters. The molecule has 0 N–H and O–H groups in total. The zero-order valence-electron chi connectivity index (χ0n) is 22.2. The van der Waals surface area contributed by atoms with Crippen molar-refractivity contribution in [3.8, 4) is 5.88 Å². The fourth-order valence-electron chi connectivity index (χ4n) is 6.77. The van der Waals surface area contributed by atoms with Crippen molar-refractivity contribution in [3.05, 3.63) is 42.4 Å². The normalized spacial score (nSPS) is 27.9. The highest BCUT2D eigenvalue weighted by molar-refractivity contribution is 6.11. The first-order valence-corrected chi connectivity index (χ1v) is 14.0. The van der Waals surface area contributed by atoms with Gasteiger partial charge in [-0.2, -0.15) is 18.3 Å². The molecule has 6 heterocycles. The molecular weight excluding hydrogens is 541 g/mol. The molecule has 3 fully saturated rings. The number of anilines is 1. The highest BCUT2D eigenvalue weighted by atomic mass is 19.4. The number of aromatic nitrogens is 4. The molecule has 10 nitrogen and oxygen atoms in total. The molecule has 1 saturated carbocycles. The molecule has 0 radical (unpaired) electrons. The van der Waals surface area contributed by atoms with E-state index < -0.39 is 30.1 Å². The van der Waals surface area contributed by atoms with Crippen molar-refractivity contribution in [1.29, 1.82) is 0 Å². The van der Waals surface area contributed by atoms with Gasteiger partial charge in [-0.25, -0.2) is 9.67 Å². The minimum atomic E-state index is -4.50. The summed E-state index contributed by atoms with van der Waals surface area (Å²) < 4.78 is 54.3. The van der Waals surface area contributed by atoms with E-state index in [1.807, 2.05) is 10.7 Å². The lowest BCUT2D eigenvalue weighted by Gasteiger charge is -2.43. The molecule has 1 unspecified atom stereocenters. The highest BCUT2D eigenvalue weighted by Gasteiger charge is 2.60. The fraction of sp³-hybridized carbons (Fsp3) is 0.536. The van der Waals surface area contributed by atoms with E-state index in [0.29, 0.717) is 36.5 Å². The lowest BCUT2D eigenvalue weighted by Crippen LogP contribution is -2.55. The number of pyridine rings is 2. The van der Waals surface area contributed by atoms with Crippen molar-refractivity contribution in [3.63, 3.8) is 0 Å². The summed E-state index contributed by atoms with van der Waals surface area (Å²) in [6.07, 6.45) is 3.75. The number of hydrogen-bond donors (Lipinski definition) is 0. The molecule has 13 heteroatoms. The van der Waals surface area contributed by atoms with Gasteiger partial charge in [0, 0.05) is 38.3 Å². The maximum Gasteiger partial charge on any atom is 0.408 e. The second-order valence-corrected chi connectivity index (χ2v) is 11.3. The summed E-state index contributed by atoms with van der Waals surface area (Å²) in [7, 11) is 0. The van der Waals surface area contributed by atoms with Gasteiger partial charge in [0.2, 0.25) is 17.7 Å². The first-order valence-electron chi connectivity index (χ1n) is 14.0. The van der Waals surface area contributed by atoms with Crippen LogP contribution >= 0.6 is 0 Å². The number of carbonyl (C=O) groups excluding carboxylic acids is 2. The predicted molar refractivity (Wildman–Crippen MR) is 139 cm³/mol. The summed E-state index contributed by atoms with van der Waals surface area (Å²) in [5, 5.41) is 4.47. The molecule has 3 aromatic heterocycles. The Bertz CT molecular complexity index is 1500. The summed E-state index contributed by atoms with van der Waals surface area (Å²) in [5.74, 6) is -0.608. The maximum atomic E-state index is 13.7. The average molecular weight is 571 g/mol. The number of amides is 2. The Balaban J connectivity index is 1.06. The third-order valence-corrected chi connectivity index (χ3v) is 8.80. The molecule has 1 aliphatic carbocycles. The van der Waals surface area contributed by atoms with E-state index in [-0.39, 0.29) is 37.6 Å². The van der Waals surface area contributed by atoms with E-state index in [1.54, 1.807) is 24.5 Å². The summed E-state index contributed by atoms with van der Waals surface area (Å²) in [5.41, 5.74) is 1.81. The Morgan fingerprint density at radius 1 is 1.12 bits per heavy atom. The molecule has 3 aliphatic heterocycles. The van der Waals surface area contributed by atoms with Crippen molar-refractivity contribution in [2.24, 2.45) is 0 Å². The quantitative estimate of drug-likeness (QED) is 0.459. The number of likely N-dealkylation sites (tertiary alicyclic amines) is 1. The van der Waals surface area contributed by atoms with Crippen LogP contribution in [0.3, 0.4) is 0 Å². The molecule has 3 aromatic rings. The van der Waals surface area contributed by atoms with Crippen LogP contribution in [0.2, 0.25) is 0 Å². The smallest absolute Gasteiger partial charge is 0.408 e. The van der Waals surface area contributed by atoms with Crippen LogP contribution in [-0.4, -0.2) is 74.5 Å². The Hall–Kier alpha value is -3.74. The molecule has 7 rings (SSSR count). The van der Waals surface area contributed by atoms with Gasteiger partial charge in [-0.15, -0.1) is 0 Å². The van der Waals surface area contributed by atoms with Gasteiger partial charge in [-0.3, -0.25) is 14.6 Å². The second kappa shape index (κ2) is 9.68. The standard InChI is InChI=1S/C28H29F3N6O4/c29-28(30,31)22-4-3-10-35(22)24(38)16-36-21-15-32-9-8-18(21)27(26(36)39)12-17(13-27)41-23-7-6-20-19(34-23)14-33-37(20)25-5-1-2-11-40-25/h6-9,14-15,17,22,25H,1-5,10-13,16H2/t17?,22-,25?,27?/m0/s1. The van der Waals surface area contributed by atoms with Gasteiger partial charge in [0.15, 0.2) is 6.23 Å². The minimum Gasteiger partial charge on any atom is -0.474 e. The van der Waals surface area contributed by atoms with Crippen LogP contribution in [0, 0.1) is 0 Å². The van der Waals surface area contributed by atoms with E-state index in [0.717, 1.165) is 35.2 Å².